The highest BCUT2D eigenvalue weighted by Crippen LogP contribution is 2.22. The molecule has 21 heavy (non-hydrogen) atoms. The zero-order chi connectivity index (χ0) is 14.8. The lowest BCUT2D eigenvalue weighted by Gasteiger charge is -2.03. The molecule has 3 aromatic rings. The molecule has 0 bridgehead atoms. The van der Waals surface area contributed by atoms with E-state index in [0.717, 1.165) is 5.75 Å². The van der Waals surface area contributed by atoms with Crippen molar-refractivity contribution in [1.29, 1.82) is 0 Å². The number of hydrogen-bond acceptors (Lipinski definition) is 6. The van der Waals surface area contributed by atoms with E-state index in [9.17, 15) is 9.18 Å². The fourth-order valence-corrected chi connectivity index (χ4v) is 2.32. The van der Waals surface area contributed by atoms with E-state index < -0.39 is 11.4 Å². The van der Waals surface area contributed by atoms with Gasteiger partial charge in [0, 0.05) is 6.20 Å². The Morgan fingerprint density at radius 1 is 1.29 bits per heavy atom. The van der Waals surface area contributed by atoms with Crippen LogP contribution in [0.1, 0.15) is 6.92 Å². The summed E-state index contributed by atoms with van der Waals surface area (Å²) in [5.74, 6) is 0.197. The average molecular weight is 303 g/mol. The molecule has 0 aliphatic heterocycles. The summed E-state index contributed by atoms with van der Waals surface area (Å²) in [6.07, 6.45) is 1.38. The Hall–Kier alpha value is -2.28. The lowest BCUT2D eigenvalue weighted by Crippen LogP contribution is -2.09. The first-order valence-corrected chi connectivity index (χ1v) is 7.23. The third kappa shape index (κ3) is 2.64. The van der Waals surface area contributed by atoms with Crippen molar-refractivity contribution in [2.24, 2.45) is 0 Å². The normalized spacial score (nSPS) is 11.0. The van der Waals surface area contributed by atoms with Crippen LogP contribution >= 0.6 is 11.8 Å². The highest BCUT2D eigenvalue weighted by Gasteiger charge is 2.13. The third-order valence-electron chi connectivity index (χ3n) is 2.74. The Morgan fingerprint density at radius 3 is 2.86 bits per heavy atom. The van der Waals surface area contributed by atoms with Gasteiger partial charge in [-0.2, -0.15) is 9.97 Å². The van der Waals surface area contributed by atoms with Crippen molar-refractivity contribution in [3.63, 3.8) is 0 Å². The van der Waals surface area contributed by atoms with Gasteiger partial charge in [-0.3, -0.25) is 4.79 Å². The minimum Gasteiger partial charge on any atom is -0.419 e. The highest BCUT2D eigenvalue weighted by atomic mass is 32.2. The molecule has 0 unspecified atom stereocenters. The summed E-state index contributed by atoms with van der Waals surface area (Å²) in [4.78, 5) is 24.0. The van der Waals surface area contributed by atoms with E-state index in [-0.39, 0.29) is 22.6 Å². The van der Waals surface area contributed by atoms with Crippen LogP contribution in [0.3, 0.4) is 0 Å². The van der Waals surface area contributed by atoms with Crippen LogP contribution in [0.15, 0.2) is 44.8 Å². The van der Waals surface area contributed by atoms with E-state index in [0.29, 0.717) is 5.16 Å². The quantitative estimate of drug-likeness (QED) is 0.547. The predicted octanol–water partition coefficient (Wildman–Crippen LogP) is 2.90. The standard InChI is InChI=1S/C14H10FN3O2S/c1-2-21-14-16-7-9-11(19)17-12(20-13(9)18-14)8-5-3-4-6-10(8)15/h3-7H,2H2,1H3. The molecule has 0 N–H and O–H groups in total. The van der Waals surface area contributed by atoms with E-state index in [1.807, 2.05) is 6.92 Å². The fourth-order valence-electron chi connectivity index (χ4n) is 1.79. The van der Waals surface area contributed by atoms with Crippen LogP contribution < -0.4 is 5.56 Å². The van der Waals surface area contributed by atoms with Gasteiger partial charge in [0.05, 0.1) is 5.56 Å². The first-order chi connectivity index (χ1) is 10.2. The molecule has 1 aromatic carbocycles. The number of hydrogen-bond donors (Lipinski definition) is 0. The molecule has 0 atom stereocenters. The van der Waals surface area contributed by atoms with E-state index in [2.05, 4.69) is 15.0 Å². The minimum atomic E-state index is -0.539. The van der Waals surface area contributed by atoms with E-state index in [1.165, 1.54) is 30.1 Å². The second kappa shape index (κ2) is 5.61. The van der Waals surface area contributed by atoms with E-state index >= 15 is 0 Å². The van der Waals surface area contributed by atoms with Crippen molar-refractivity contribution in [2.45, 2.75) is 12.1 Å². The summed E-state index contributed by atoms with van der Waals surface area (Å²) in [6, 6.07) is 5.97. The number of rotatable bonds is 3. The van der Waals surface area contributed by atoms with Gasteiger partial charge in [-0.1, -0.05) is 30.8 Å². The summed E-state index contributed by atoms with van der Waals surface area (Å²) < 4.78 is 19.2. The summed E-state index contributed by atoms with van der Waals surface area (Å²) in [5.41, 5.74) is -0.304. The van der Waals surface area contributed by atoms with Gasteiger partial charge in [-0.25, -0.2) is 9.37 Å². The Kier molecular flexibility index (Phi) is 3.66. The average Bonchev–Trinajstić information content (AvgIpc) is 2.47. The molecule has 7 heteroatoms. The molecule has 0 saturated carbocycles. The molecule has 0 spiro atoms. The van der Waals surface area contributed by atoms with Crippen LogP contribution in [0.25, 0.3) is 22.6 Å². The Labute approximate surface area is 123 Å². The van der Waals surface area contributed by atoms with E-state index in [1.54, 1.807) is 12.1 Å². The molecule has 0 saturated heterocycles. The van der Waals surface area contributed by atoms with Crippen molar-refractivity contribution in [3.8, 4) is 11.5 Å². The monoisotopic (exact) mass is 303 g/mol. The van der Waals surface area contributed by atoms with Gasteiger partial charge in [-0.05, 0) is 17.9 Å². The van der Waals surface area contributed by atoms with Gasteiger partial charge in [0.1, 0.15) is 11.2 Å². The first-order valence-electron chi connectivity index (χ1n) is 6.24. The molecule has 0 aliphatic carbocycles. The number of thioether (sulfide) groups is 1. The topological polar surface area (TPSA) is 68.9 Å². The maximum Gasteiger partial charge on any atom is 0.287 e. The summed E-state index contributed by atoms with van der Waals surface area (Å²) >= 11 is 1.42. The highest BCUT2D eigenvalue weighted by molar-refractivity contribution is 7.99. The van der Waals surface area contributed by atoms with Gasteiger partial charge in [0.15, 0.2) is 5.16 Å². The largest absolute Gasteiger partial charge is 0.419 e. The van der Waals surface area contributed by atoms with Gasteiger partial charge < -0.3 is 4.42 Å². The Balaban J connectivity index is 2.22. The zero-order valence-corrected chi connectivity index (χ0v) is 11.9. The molecular formula is C14H10FN3O2S. The van der Waals surface area contributed by atoms with Crippen LogP contribution in [0.2, 0.25) is 0 Å². The maximum absolute atomic E-state index is 13.8. The van der Waals surface area contributed by atoms with Gasteiger partial charge in [-0.15, -0.1) is 0 Å². The molecule has 0 radical (unpaired) electrons. The minimum absolute atomic E-state index is 0.0863. The Bertz CT molecular complexity index is 866. The molecule has 2 aromatic heterocycles. The number of nitrogens with zero attached hydrogens (tertiary/aromatic N) is 3. The molecular weight excluding hydrogens is 293 g/mol. The smallest absolute Gasteiger partial charge is 0.287 e. The van der Waals surface area contributed by atoms with Crippen LogP contribution in [-0.4, -0.2) is 20.7 Å². The number of benzene rings is 1. The second-order valence-corrected chi connectivity index (χ2v) is 5.34. The second-order valence-electron chi connectivity index (χ2n) is 4.11. The van der Waals surface area contributed by atoms with Crippen LogP contribution in [0.5, 0.6) is 0 Å². The van der Waals surface area contributed by atoms with Crippen molar-refractivity contribution in [3.05, 3.63) is 46.6 Å². The summed E-state index contributed by atoms with van der Waals surface area (Å²) in [5, 5.41) is 0.675. The number of halogens is 1. The van der Waals surface area contributed by atoms with Crippen molar-refractivity contribution < 1.29 is 8.81 Å². The zero-order valence-electron chi connectivity index (χ0n) is 11.0. The molecule has 0 amide bonds. The summed E-state index contributed by atoms with van der Waals surface area (Å²) in [6.45, 7) is 1.96. The van der Waals surface area contributed by atoms with Gasteiger partial charge >= 0.3 is 0 Å². The van der Waals surface area contributed by atoms with Gasteiger partial charge in [0.2, 0.25) is 11.6 Å². The molecule has 0 aliphatic rings. The number of fused-ring (bicyclic) bond motifs is 1. The third-order valence-corrected chi connectivity index (χ3v) is 3.48. The van der Waals surface area contributed by atoms with Crippen molar-refractivity contribution in [1.82, 2.24) is 15.0 Å². The van der Waals surface area contributed by atoms with Crippen LogP contribution in [-0.2, 0) is 0 Å². The summed E-state index contributed by atoms with van der Waals surface area (Å²) in [7, 11) is 0. The lowest BCUT2D eigenvalue weighted by molar-refractivity contribution is 0.563. The molecule has 5 nitrogen and oxygen atoms in total. The molecule has 106 valence electrons. The molecule has 0 fully saturated rings. The number of aromatic nitrogens is 3. The molecule has 2 heterocycles. The fraction of sp³-hybridized carbons (Fsp3) is 0.143. The predicted molar refractivity (Wildman–Crippen MR) is 77.7 cm³/mol. The molecule has 3 rings (SSSR count). The maximum atomic E-state index is 13.8. The van der Waals surface area contributed by atoms with Crippen LogP contribution in [0, 0.1) is 5.82 Å². The Morgan fingerprint density at radius 2 is 2.10 bits per heavy atom. The SMILES string of the molecule is CCSc1ncc2c(=O)nc(-c3ccccc3F)oc2n1. The lowest BCUT2D eigenvalue weighted by atomic mass is 10.2. The van der Waals surface area contributed by atoms with Gasteiger partial charge in [0.25, 0.3) is 5.56 Å². The van der Waals surface area contributed by atoms with E-state index in [4.69, 9.17) is 4.42 Å². The van der Waals surface area contributed by atoms with Crippen LogP contribution in [0.4, 0.5) is 4.39 Å². The van der Waals surface area contributed by atoms with Crippen molar-refractivity contribution >= 4 is 22.9 Å². The first kappa shape index (κ1) is 13.7. The van der Waals surface area contributed by atoms with Crippen molar-refractivity contribution in [2.75, 3.05) is 5.75 Å².